The Balaban J connectivity index is 2.36. The first-order valence-electron chi connectivity index (χ1n) is 8.54. The molecule has 0 saturated carbocycles. The van der Waals surface area contributed by atoms with E-state index in [2.05, 4.69) is 23.1 Å². The molecule has 8 heteroatoms. The lowest BCUT2D eigenvalue weighted by Crippen LogP contribution is -2.06. The molecule has 0 bridgehead atoms. The Hall–Kier alpha value is -4.38. The van der Waals surface area contributed by atoms with Crippen LogP contribution in [0.3, 0.4) is 0 Å². The zero-order valence-corrected chi connectivity index (χ0v) is 16.5. The Morgan fingerprint density at radius 1 is 1.20 bits per heavy atom. The summed E-state index contributed by atoms with van der Waals surface area (Å²) in [5, 5.41) is 9.04. The molecule has 0 aliphatic heterocycles. The fraction of sp³-hybridized carbons (Fsp3) is 0.0909. The minimum atomic E-state index is -0.589. The van der Waals surface area contributed by atoms with Gasteiger partial charge in [-0.2, -0.15) is 5.26 Å². The summed E-state index contributed by atoms with van der Waals surface area (Å²) >= 11 is 0. The summed E-state index contributed by atoms with van der Waals surface area (Å²) in [5.41, 5.74) is 0.716. The van der Waals surface area contributed by atoms with Gasteiger partial charge >= 0.3 is 5.97 Å². The Labute approximate surface area is 174 Å². The van der Waals surface area contributed by atoms with Gasteiger partial charge in [0.25, 0.3) is 0 Å². The van der Waals surface area contributed by atoms with Crippen LogP contribution in [-0.2, 0) is 14.3 Å². The van der Waals surface area contributed by atoms with E-state index < -0.39 is 5.97 Å². The molecular formula is C22H19N3O5. The second kappa shape index (κ2) is 10.8. The average molecular weight is 405 g/mol. The number of benzene rings is 1. The van der Waals surface area contributed by atoms with Crippen molar-refractivity contribution in [2.75, 3.05) is 14.2 Å². The van der Waals surface area contributed by atoms with E-state index >= 15 is 0 Å². The topological polar surface area (TPSA) is 104 Å². The third kappa shape index (κ3) is 5.56. The molecule has 0 aliphatic carbocycles. The van der Waals surface area contributed by atoms with Crippen molar-refractivity contribution in [3.05, 3.63) is 85.1 Å². The molecule has 0 unspecified atom stereocenters. The molecule has 0 saturated heterocycles. The molecule has 1 aromatic heterocycles. The molecule has 2 rings (SSSR count). The zero-order valence-electron chi connectivity index (χ0n) is 16.5. The summed E-state index contributed by atoms with van der Waals surface area (Å²) < 4.78 is 21.2. The number of allylic oxidation sites excluding steroid dienone is 3. The van der Waals surface area contributed by atoms with Crippen LogP contribution in [0.2, 0.25) is 0 Å². The van der Waals surface area contributed by atoms with Gasteiger partial charge in [-0.25, -0.2) is 14.8 Å². The summed E-state index contributed by atoms with van der Waals surface area (Å²) in [6.07, 6.45) is 5.45. The highest BCUT2D eigenvalue weighted by atomic mass is 16.5. The molecule has 1 aromatic carbocycles. The van der Waals surface area contributed by atoms with Gasteiger partial charge in [-0.05, 0) is 12.1 Å². The third-order valence-corrected chi connectivity index (χ3v) is 3.57. The normalized spacial score (nSPS) is 11.1. The first-order chi connectivity index (χ1) is 14.5. The van der Waals surface area contributed by atoms with Crippen molar-refractivity contribution in [3.8, 4) is 23.6 Å². The van der Waals surface area contributed by atoms with E-state index in [-0.39, 0.29) is 28.7 Å². The Morgan fingerprint density at radius 3 is 2.60 bits per heavy atom. The zero-order chi connectivity index (χ0) is 21.9. The maximum Gasteiger partial charge on any atom is 0.341 e. The van der Waals surface area contributed by atoms with E-state index in [1.54, 1.807) is 24.3 Å². The van der Waals surface area contributed by atoms with Gasteiger partial charge in [0.15, 0.2) is 0 Å². The minimum absolute atomic E-state index is 0.105. The smallest absolute Gasteiger partial charge is 0.341 e. The predicted molar refractivity (Wildman–Crippen MR) is 109 cm³/mol. The van der Waals surface area contributed by atoms with Crippen LogP contribution in [0.5, 0.6) is 17.5 Å². The molecule has 0 N–H and O–H groups in total. The van der Waals surface area contributed by atoms with Gasteiger partial charge in [0, 0.05) is 5.56 Å². The number of methoxy groups -OCH3 is 2. The van der Waals surface area contributed by atoms with Gasteiger partial charge in [-0.3, -0.25) is 0 Å². The lowest BCUT2D eigenvalue weighted by atomic mass is 10.1. The summed E-state index contributed by atoms with van der Waals surface area (Å²) in [6.45, 7) is 7.19. The maximum atomic E-state index is 12.1. The molecule has 30 heavy (non-hydrogen) atoms. The van der Waals surface area contributed by atoms with E-state index in [0.29, 0.717) is 11.3 Å². The maximum absolute atomic E-state index is 12.1. The lowest BCUT2D eigenvalue weighted by Gasteiger charge is -2.13. The molecule has 0 atom stereocenters. The van der Waals surface area contributed by atoms with E-state index in [9.17, 15) is 4.79 Å². The highest BCUT2D eigenvalue weighted by Crippen LogP contribution is 2.31. The van der Waals surface area contributed by atoms with Gasteiger partial charge in [0.05, 0.1) is 32.1 Å². The number of nitriles is 1. The molecule has 0 radical (unpaired) electrons. The number of nitrogens with zero attached hydrogens (tertiary/aromatic N) is 3. The van der Waals surface area contributed by atoms with Gasteiger partial charge in [-0.15, -0.1) is 0 Å². The van der Waals surface area contributed by atoms with Crippen molar-refractivity contribution in [3.63, 3.8) is 0 Å². The number of esters is 1. The molecule has 8 nitrogen and oxygen atoms in total. The second-order valence-electron chi connectivity index (χ2n) is 5.51. The average Bonchev–Trinajstić information content (AvgIpc) is 2.77. The number of hydrogen-bond donors (Lipinski definition) is 0. The quantitative estimate of drug-likeness (QED) is 0.203. The van der Waals surface area contributed by atoms with E-state index in [1.807, 2.05) is 6.07 Å². The van der Waals surface area contributed by atoms with Crippen molar-refractivity contribution in [1.82, 2.24) is 9.97 Å². The number of rotatable bonds is 9. The first-order valence-corrected chi connectivity index (χ1v) is 8.54. The monoisotopic (exact) mass is 405 g/mol. The number of para-hydroxylation sites is 1. The first kappa shape index (κ1) is 21.9. The molecule has 0 amide bonds. The Morgan fingerprint density at radius 2 is 1.93 bits per heavy atom. The van der Waals surface area contributed by atoms with Crippen molar-refractivity contribution < 1.29 is 23.7 Å². The minimum Gasteiger partial charge on any atom is -0.503 e. The van der Waals surface area contributed by atoms with E-state index in [1.165, 1.54) is 45.0 Å². The Kier molecular flexibility index (Phi) is 7.91. The van der Waals surface area contributed by atoms with E-state index in [0.717, 1.165) is 0 Å². The van der Waals surface area contributed by atoms with Crippen molar-refractivity contribution in [2.24, 2.45) is 0 Å². The van der Waals surface area contributed by atoms with Crippen LogP contribution < -0.4 is 9.47 Å². The lowest BCUT2D eigenvalue weighted by molar-refractivity contribution is -0.133. The van der Waals surface area contributed by atoms with Crippen LogP contribution in [0.25, 0.3) is 5.57 Å². The van der Waals surface area contributed by atoms with Crippen LogP contribution in [0.15, 0.2) is 79.6 Å². The van der Waals surface area contributed by atoms with Gasteiger partial charge < -0.3 is 18.9 Å². The summed E-state index contributed by atoms with van der Waals surface area (Å²) in [6, 6.07) is 10.1. The SMILES string of the molecule is C=CC=C(Oc1cc(Oc2ccccc2C(=COC)C(=O)OC)ncn1)C(=C)C#N. The fourth-order valence-corrected chi connectivity index (χ4v) is 2.25. The molecule has 0 fully saturated rings. The van der Waals surface area contributed by atoms with Crippen molar-refractivity contribution >= 4 is 11.5 Å². The van der Waals surface area contributed by atoms with Crippen LogP contribution in [0.1, 0.15) is 5.56 Å². The standard InChI is InChI=1S/C22H19N3O5/c1-5-8-18(15(2)12-23)29-20-11-21(25-14-24-20)30-19-10-7-6-9-16(19)17(13-27-3)22(26)28-4/h5-11,13-14H,1-2H2,3-4H3. The third-order valence-electron chi connectivity index (χ3n) is 3.57. The molecule has 0 aliphatic rings. The van der Waals surface area contributed by atoms with Crippen LogP contribution in [0.4, 0.5) is 0 Å². The predicted octanol–water partition coefficient (Wildman–Crippen LogP) is 3.96. The highest BCUT2D eigenvalue weighted by Gasteiger charge is 2.18. The largest absolute Gasteiger partial charge is 0.503 e. The number of carbonyl (C=O) groups excluding carboxylic acids is 1. The number of carbonyl (C=O) groups is 1. The molecule has 2 aromatic rings. The molecule has 152 valence electrons. The Bertz CT molecular complexity index is 1050. The van der Waals surface area contributed by atoms with Gasteiger partial charge in [-0.1, -0.05) is 37.4 Å². The summed E-state index contributed by atoms with van der Waals surface area (Å²) in [7, 11) is 2.69. The van der Waals surface area contributed by atoms with Crippen molar-refractivity contribution in [2.45, 2.75) is 0 Å². The van der Waals surface area contributed by atoms with E-state index in [4.69, 9.17) is 24.2 Å². The van der Waals surface area contributed by atoms with Crippen molar-refractivity contribution in [1.29, 1.82) is 5.26 Å². The fourth-order valence-electron chi connectivity index (χ4n) is 2.25. The number of ether oxygens (including phenoxy) is 4. The molecule has 0 spiro atoms. The van der Waals surface area contributed by atoms with Gasteiger partial charge in [0.2, 0.25) is 11.8 Å². The van der Waals surface area contributed by atoms with Crippen LogP contribution >= 0.6 is 0 Å². The number of aromatic nitrogens is 2. The van der Waals surface area contributed by atoms with Crippen LogP contribution in [-0.4, -0.2) is 30.2 Å². The molecular weight excluding hydrogens is 386 g/mol. The molecule has 1 heterocycles. The number of hydrogen-bond acceptors (Lipinski definition) is 8. The van der Waals surface area contributed by atoms with Gasteiger partial charge in [0.1, 0.15) is 29.5 Å². The van der Waals surface area contributed by atoms with Crippen LogP contribution in [0, 0.1) is 11.3 Å². The summed E-state index contributed by atoms with van der Waals surface area (Å²) in [4.78, 5) is 20.2. The highest BCUT2D eigenvalue weighted by molar-refractivity contribution is 6.17. The summed E-state index contributed by atoms with van der Waals surface area (Å²) in [5.74, 6) is 0.207. The second-order valence-corrected chi connectivity index (χ2v) is 5.51.